The van der Waals surface area contributed by atoms with Gasteiger partial charge < -0.3 is 9.52 Å². The number of rotatable bonds is 3. The maximum Gasteiger partial charge on any atom is 0.450 e. The van der Waals surface area contributed by atoms with Crippen LogP contribution in [0.15, 0.2) is 51.7 Å². The lowest BCUT2D eigenvalue weighted by Crippen LogP contribution is -2.32. The highest BCUT2D eigenvalue weighted by Gasteiger charge is 2.39. The first-order valence-electron chi connectivity index (χ1n) is 9.92. The van der Waals surface area contributed by atoms with Crippen LogP contribution in [0.4, 0.5) is 13.2 Å². The van der Waals surface area contributed by atoms with E-state index in [1.165, 1.54) is 24.3 Å². The molecule has 1 aromatic heterocycles. The predicted molar refractivity (Wildman–Crippen MR) is 108 cm³/mol. The van der Waals surface area contributed by atoms with Crippen LogP contribution in [0, 0.1) is 5.92 Å². The van der Waals surface area contributed by atoms with Crippen LogP contribution in [0.25, 0.3) is 22.1 Å². The maximum atomic E-state index is 13.9. The van der Waals surface area contributed by atoms with Gasteiger partial charge in [-0.05, 0) is 49.5 Å². The molecule has 1 N–H and O–H groups in total. The fourth-order valence-electron chi connectivity index (χ4n) is 3.97. The van der Waals surface area contributed by atoms with Gasteiger partial charge in [0.25, 0.3) is 0 Å². The van der Waals surface area contributed by atoms with Crippen molar-refractivity contribution in [1.82, 2.24) is 4.90 Å². The molecule has 0 atom stereocenters. The Balaban J connectivity index is 1.92. The van der Waals surface area contributed by atoms with Crippen molar-refractivity contribution in [3.63, 3.8) is 0 Å². The molecule has 158 valence electrons. The summed E-state index contributed by atoms with van der Waals surface area (Å²) in [4.78, 5) is 15.2. The largest absolute Gasteiger partial charge is 0.507 e. The maximum absolute atomic E-state index is 13.9. The molecule has 0 radical (unpaired) electrons. The SMILES string of the molecule is CC1CCN(Cc2c(O)ccc3c(=O)c(-c4ccccc4)c(C(F)(F)F)oc23)CC1. The summed E-state index contributed by atoms with van der Waals surface area (Å²) in [5.74, 6) is -0.930. The van der Waals surface area contributed by atoms with E-state index in [0.29, 0.717) is 5.92 Å². The number of fused-ring (bicyclic) bond motifs is 1. The predicted octanol–water partition coefficient (Wildman–Crippen LogP) is 5.42. The van der Waals surface area contributed by atoms with Crippen LogP contribution in [0.5, 0.6) is 5.75 Å². The lowest BCUT2D eigenvalue weighted by molar-refractivity contribution is -0.152. The Morgan fingerprint density at radius 2 is 1.77 bits per heavy atom. The zero-order chi connectivity index (χ0) is 21.5. The summed E-state index contributed by atoms with van der Waals surface area (Å²) in [6.07, 6.45) is -2.91. The summed E-state index contributed by atoms with van der Waals surface area (Å²) in [5.41, 5.74) is -1.13. The highest BCUT2D eigenvalue weighted by molar-refractivity contribution is 5.86. The molecule has 30 heavy (non-hydrogen) atoms. The Labute approximate surface area is 171 Å². The Kier molecular flexibility index (Phi) is 5.32. The fourth-order valence-corrected chi connectivity index (χ4v) is 3.97. The van der Waals surface area contributed by atoms with Gasteiger partial charge in [-0.15, -0.1) is 0 Å². The second-order valence-corrected chi connectivity index (χ2v) is 7.90. The summed E-state index contributed by atoms with van der Waals surface area (Å²) in [6.45, 7) is 3.93. The highest BCUT2D eigenvalue weighted by atomic mass is 19.4. The first-order valence-corrected chi connectivity index (χ1v) is 9.92. The lowest BCUT2D eigenvalue weighted by atomic mass is 9.97. The Hall–Kier alpha value is -2.80. The third-order valence-corrected chi connectivity index (χ3v) is 5.72. The molecule has 4 rings (SSSR count). The quantitative estimate of drug-likeness (QED) is 0.619. The number of benzene rings is 2. The van der Waals surface area contributed by atoms with Crippen molar-refractivity contribution in [2.24, 2.45) is 5.92 Å². The van der Waals surface area contributed by atoms with Crippen LogP contribution in [-0.4, -0.2) is 23.1 Å². The Bertz CT molecular complexity index is 1110. The smallest absolute Gasteiger partial charge is 0.450 e. The fraction of sp³-hybridized carbons (Fsp3) is 0.348. The van der Waals surface area contributed by atoms with Crippen LogP contribution in [0.2, 0.25) is 0 Å². The molecule has 2 heterocycles. The van der Waals surface area contributed by atoms with E-state index in [-0.39, 0.29) is 34.4 Å². The van der Waals surface area contributed by atoms with Crippen molar-refractivity contribution in [3.05, 3.63) is 64.0 Å². The van der Waals surface area contributed by atoms with Crippen LogP contribution < -0.4 is 5.43 Å². The van der Waals surface area contributed by atoms with Gasteiger partial charge in [0.2, 0.25) is 11.2 Å². The van der Waals surface area contributed by atoms with E-state index in [1.807, 2.05) is 0 Å². The first-order chi connectivity index (χ1) is 14.3. The number of hydrogen-bond donors (Lipinski definition) is 1. The first kappa shape index (κ1) is 20.5. The number of phenolic OH excluding ortho intramolecular Hbond substituents is 1. The number of nitrogens with zero attached hydrogens (tertiary/aromatic N) is 1. The Morgan fingerprint density at radius 1 is 1.10 bits per heavy atom. The lowest BCUT2D eigenvalue weighted by Gasteiger charge is -2.30. The van der Waals surface area contributed by atoms with E-state index < -0.39 is 22.9 Å². The molecule has 1 fully saturated rings. The van der Waals surface area contributed by atoms with E-state index in [0.717, 1.165) is 25.9 Å². The molecular weight excluding hydrogens is 395 g/mol. The average molecular weight is 417 g/mol. The molecule has 0 spiro atoms. The number of likely N-dealkylation sites (tertiary alicyclic amines) is 1. The molecule has 4 nitrogen and oxygen atoms in total. The van der Waals surface area contributed by atoms with E-state index in [9.17, 15) is 23.1 Å². The van der Waals surface area contributed by atoms with Crippen molar-refractivity contribution in [2.75, 3.05) is 13.1 Å². The van der Waals surface area contributed by atoms with Gasteiger partial charge in [0.05, 0.1) is 16.5 Å². The Morgan fingerprint density at radius 3 is 2.40 bits per heavy atom. The second-order valence-electron chi connectivity index (χ2n) is 7.90. The van der Waals surface area contributed by atoms with Gasteiger partial charge in [-0.3, -0.25) is 9.69 Å². The molecule has 3 aromatic rings. The molecule has 2 aromatic carbocycles. The van der Waals surface area contributed by atoms with E-state index in [1.54, 1.807) is 18.2 Å². The van der Waals surface area contributed by atoms with Crippen molar-refractivity contribution in [2.45, 2.75) is 32.5 Å². The van der Waals surface area contributed by atoms with Crippen LogP contribution >= 0.6 is 0 Å². The van der Waals surface area contributed by atoms with E-state index in [2.05, 4.69) is 11.8 Å². The molecule has 0 aliphatic carbocycles. The van der Waals surface area contributed by atoms with Gasteiger partial charge in [-0.25, -0.2) is 0 Å². The van der Waals surface area contributed by atoms with Crippen molar-refractivity contribution in [3.8, 4) is 16.9 Å². The molecule has 1 aliphatic heterocycles. The topological polar surface area (TPSA) is 53.7 Å². The number of halogens is 3. The average Bonchev–Trinajstić information content (AvgIpc) is 2.71. The van der Waals surface area contributed by atoms with Crippen LogP contribution in [0.1, 0.15) is 31.1 Å². The number of piperidine rings is 1. The molecule has 0 amide bonds. The molecule has 7 heteroatoms. The summed E-state index contributed by atoms with van der Waals surface area (Å²) < 4.78 is 47.0. The van der Waals surface area contributed by atoms with Gasteiger partial charge in [-0.1, -0.05) is 37.3 Å². The van der Waals surface area contributed by atoms with Gasteiger partial charge in [0.15, 0.2) is 0 Å². The molecule has 0 unspecified atom stereocenters. The normalized spacial score (nSPS) is 16.3. The van der Waals surface area contributed by atoms with Gasteiger partial charge >= 0.3 is 6.18 Å². The third-order valence-electron chi connectivity index (χ3n) is 5.72. The standard InChI is InChI=1S/C23H22F3NO3/c1-14-9-11-27(12-10-14)13-17-18(28)8-7-16-20(29)19(15-5-3-2-4-6-15)22(23(24,25)26)30-21(16)17/h2-8,14,28H,9-13H2,1H3. The molecule has 1 saturated heterocycles. The van der Waals surface area contributed by atoms with Crippen molar-refractivity contribution in [1.29, 1.82) is 0 Å². The molecular formula is C23H22F3NO3. The summed E-state index contributed by atoms with van der Waals surface area (Å²) >= 11 is 0. The van der Waals surface area contributed by atoms with Crippen LogP contribution in [-0.2, 0) is 12.7 Å². The summed E-state index contributed by atoms with van der Waals surface area (Å²) in [5, 5.41) is 10.4. The summed E-state index contributed by atoms with van der Waals surface area (Å²) in [7, 11) is 0. The van der Waals surface area contributed by atoms with Crippen LogP contribution in [0.3, 0.4) is 0 Å². The molecule has 0 saturated carbocycles. The van der Waals surface area contributed by atoms with Gasteiger partial charge in [-0.2, -0.15) is 13.2 Å². The zero-order valence-corrected chi connectivity index (χ0v) is 16.5. The number of phenols is 1. The number of aromatic hydroxyl groups is 1. The van der Waals surface area contributed by atoms with E-state index >= 15 is 0 Å². The minimum atomic E-state index is -4.86. The highest BCUT2D eigenvalue weighted by Crippen LogP contribution is 2.39. The minimum Gasteiger partial charge on any atom is -0.507 e. The second kappa shape index (κ2) is 7.80. The summed E-state index contributed by atoms with van der Waals surface area (Å²) in [6, 6.07) is 10.4. The number of alkyl halides is 3. The molecule has 0 bridgehead atoms. The van der Waals surface area contributed by atoms with Crippen molar-refractivity contribution >= 4 is 11.0 Å². The van der Waals surface area contributed by atoms with E-state index in [4.69, 9.17) is 4.42 Å². The van der Waals surface area contributed by atoms with Gasteiger partial charge in [0.1, 0.15) is 11.3 Å². The molecule has 1 aliphatic rings. The monoisotopic (exact) mass is 417 g/mol. The third kappa shape index (κ3) is 3.81. The zero-order valence-electron chi connectivity index (χ0n) is 16.5. The minimum absolute atomic E-state index is 0.0278. The number of hydrogen-bond acceptors (Lipinski definition) is 4. The van der Waals surface area contributed by atoms with Crippen molar-refractivity contribution < 1.29 is 22.7 Å². The van der Waals surface area contributed by atoms with Gasteiger partial charge in [0, 0.05) is 6.54 Å².